The van der Waals surface area contributed by atoms with Crippen LogP contribution in [0.25, 0.3) is 0 Å². The zero-order valence-corrected chi connectivity index (χ0v) is 16.4. The minimum Gasteiger partial charge on any atom is -0.363 e. The number of halogens is 1. The molecule has 158 valence electrons. The number of amides is 2. The molecule has 1 aliphatic rings. The van der Waals surface area contributed by atoms with Crippen LogP contribution >= 0.6 is 0 Å². The number of H-pyrrole nitrogens is 1. The molecular weight excluding hydrogens is 405 g/mol. The molecule has 1 aromatic carbocycles. The van der Waals surface area contributed by atoms with Gasteiger partial charge in [0.25, 0.3) is 17.6 Å². The number of rotatable bonds is 5. The van der Waals surface area contributed by atoms with Crippen molar-refractivity contribution >= 4 is 23.3 Å². The maximum atomic E-state index is 13.2. The third kappa shape index (κ3) is 5.18. The van der Waals surface area contributed by atoms with E-state index in [2.05, 4.69) is 20.7 Å². The largest absolute Gasteiger partial charge is 0.363 e. The Hall–Kier alpha value is -4.33. The number of carbonyl (C=O) groups is 3. The van der Waals surface area contributed by atoms with Crippen molar-refractivity contribution < 1.29 is 18.8 Å². The van der Waals surface area contributed by atoms with Gasteiger partial charge in [-0.15, -0.1) is 0 Å². The molecule has 2 aromatic heterocycles. The zero-order chi connectivity index (χ0) is 22.5. The van der Waals surface area contributed by atoms with Crippen molar-refractivity contribution in [2.24, 2.45) is 12.8 Å². The van der Waals surface area contributed by atoms with E-state index in [-0.39, 0.29) is 22.5 Å². The minimum atomic E-state index is -1.13. The quantitative estimate of drug-likeness (QED) is 0.418. The summed E-state index contributed by atoms with van der Waals surface area (Å²) in [6, 6.07) is 6.42. The highest BCUT2D eigenvalue weighted by Gasteiger charge is 2.25. The number of Topliss-reactive ketones (excluding diaryl/α,β-unsaturated/α-hetero) is 1. The van der Waals surface area contributed by atoms with Crippen LogP contribution < -0.4 is 11.1 Å². The number of nitriles is 1. The van der Waals surface area contributed by atoms with E-state index in [0.717, 1.165) is 17.7 Å². The smallest absolute Gasteiger partial charge is 0.289 e. The second-order valence-corrected chi connectivity index (χ2v) is 6.85. The maximum Gasteiger partial charge on any atom is 0.289 e. The lowest BCUT2D eigenvalue weighted by atomic mass is 10.2. The normalized spacial score (nSPS) is 12.3. The molecule has 2 amide bonds. The highest BCUT2D eigenvalue weighted by molar-refractivity contribution is 6.42. The number of nitrogens with one attached hydrogen (secondary N) is 2. The molecule has 11 heteroatoms. The van der Waals surface area contributed by atoms with Crippen LogP contribution in [0.1, 0.15) is 50.9 Å². The first kappa shape index (κ1) is 21.4. The van der Waals surface area contributed by atoms with E-state index in [1.165, 1.54) is 48.9 Å². The summed E-state index contributed by atoms with van der Waals surface area (Å²) in [5, 5.41) is 21.5. The molecule has 1 fully saturated rings. The van der Waals surface area contributed by atoms with Crippen molar-refractivity contribution in [1.29, 1.82) is 5.26 Å². The summed E-state index contributed by atoms with van der Waals surface area (Å²) >= 11 is 0. The average molecular weight is 423 g/mol. The number of primary amides is 1. The van der Waals surface area contributed by atoms with Crippen molar-refractivity contribution in [2.45, 2.75) is 18.8 Å². The van der Waals surface area contributed by atoms with Gasteiger partial charge in [0.2, 0.25) is 0 Å². The van der Waals surface area contributed by atoms with E-state index in [4.69, 9.17) is 11.0 Å². The molecule has 4 rings (SSSR count). The Morgan fingerprint density at radius 3 is 2.65 bits per heavy atom. The van der Waals surface area contributed by atoms with E-state index in [0.29, 0.717) is 0 Å². The number of aryl methyl sites for hydroxylation is 1. The van der Waals surface area contributed by atoms with Crippen molar-refractivity contribution in [3.05, 3.63) is 65.0 Å². The molecule has 0 atom stereocenters. The number of anilines is 1. The van der Waals surface area contributed by atoms with Gasteiger partial charge in [0.05, 0.1) is 17.5 Å². The fraction of sp³-hybridized carbons (Fsp3) is 0.200. The summed E-state index contributed by atoms with van der Waals surface area (Å²) in [6.07, 6.45) is 5.70. The monoisotopic (exact) mass is 423 g/mol. The Kier molecular flexibility index (Phi) is 6.21. The Bertz CT molecular complexity index is 1170. The van der Waals surface area contributed by atoms with Crippen LogP contribution in [0.3, 0.4) is 0 Å². The van der Waals surface area contributed by atoms with E-state index in [1.807, 2.05) is 0 Å². The number of aromatic amines is 1. The second-order valence-electron chi connectivity index (χ2n) is 6.85. The highest BCUT2D eigenvalue weighted by atomic mass is 19.1. The fourth-order valence-electron chi connectivity index (χ4n) is 2.73. The molecule has 3 aromatic rings. The molecule has 4 N–H and O–H groups in total. The third-order valence-electron chi connectivity index (χ3n) is 4.50. The predicted octanol–water partition coefficient (Wildman–Crippen LogP) is 1.64. The van der Waals surface area contributed by atoms with Gasteiger partial charge in [-0.3, -0.25) is 14.4 Å². The van der Waals surface area contributed by atoms with Gasteiger partial charge in [-0.1, -0.05) is 0 Å². The van der Waals surface area contributed by atoms with Crippen molar-refractivity contribution in [3.63, 3.8) is 0 Å². The molecular formula is C20H18FN7O3. The molecule has 0 radical (unpaired) electrons. The lowest BCUT2D eigenvalue weighted by Crippen LogP contribution is -2.22. The molecule has 2 heterocycles. The van der Waals surface area contributed by atoms with Crippen LogP contribution in [0, 0.1) is 17.1 Å². The van der Waals surface area contributed by atoms with Gasteiger partial charge in [-0.2, -0.15) is 20.7 Å². The topological polar surface area (TPSA) is 160 Å². The number of benzene rings is 1. The summed E-state index contributed by atoms with van der Waals surface area (Å²) in [5.74, 6) is -2.59. The van der Waals surface area contributed by atoms with Crippen LogP contribution in [-0.2, 0) is 11.8 Å². The highest BCUT2D eigenvalue weighted by Crippen LogP contribution is 2.38. The molecule has 10 nitrogen and oxygen atoms in total. The van der Waals surface area contributed by atoms with Gasteiger partial charge in [0.15, 0.2) is 0 Å². The Balaban J connectivity index is 0.000000280. The molecule has 0 bridgehead atoms. The van der Waals surface area contributed by atoms with Crippen LogP contribution in [0.2, 0.25) is 0 Å². The maximum absolute atomic E-state index is 13.2. The molecule has 0 aliphatic heterocycles. The molecule has 31 heavy (non-hydrogen) atoms. The first-order valence-corrected chi connectivity index (χ1v) is 9.17. The minimum absolute atomic E-state index is 0.0121. The lowest BCUT2D eigenvalue weighted by Gasteiger charge is -2.06. The summed E-state index contributed by atoms with van der Waals surface area (Å²) in [4.78, 5) is 34.6. The van der Waals surface area contributed by atoms with Crippen LogP contribution in [0.4, 0.5) is 10.1 Å². The number of hydrogen-bond donors (Lipinski definition) is 3. The summed E-state index contributed by atoms with van der Waals surface area (Å²) in [5.41, 5.74) is 6.13. The van der Waals surface area contributed by atoms with Gasteiger partial charge in [-0.25, -0.2) is 4.39 Å². The Morgan fingerprint density at radius 2 is 2.06 bits per heavy atom. The van der Waals surface area contributed by atoms with Crippen LogP contribution in [0.5, 0.6) is 0 Å². The molecule has 0 unspecified atom stereocenters. The van der Waals surface area contributed by atoms with Gasteiger partial charge < -0.3 is 15.6 Å². The number of ketones is 1. The summed E-state index contributed by atoms with van der Waals surface area (Å²) < 4.78 is 14.6. The SMILES string of the molecule is Cn1cc(C(=O)C(N)=O)cc1C(=O)Nc1ccc(F)c(C#N)c1.c1n[nH]nc1C1CC1. The number of carbonyl (C=O) groups excluding carboxylic acids is 3. The van der Waals surface area contributed by atoms with Gasteiger partial charge in [-0.05, 0) is 37.1 Å². The number of aromatic nitrogens is 4. The van der Waals surface area contributed by atoms with E-state index in [9.17, 15) is 18.8 Å². The Morgan fingerprint density at radius 1 is 1.32 bits per heavy atom. The standard InChI is InChI=1S/C15H11FN4O3.C5H7N3/c1-20-7-9(13(21)14(18)22)5-12(20)15(23)19-10-2-3-11(16)8(4-10)6-17;1-2-4(1)5-3-6-8-7-5/h2-5,7H,1H3,(H2,18,22)(H,19,23);3-4H,1-2H2,(H,6,7,8). The lowest BCUT2D eigenvalue weighted by molar-refractivity contribution is -0.114. The van der Waals surface area contributed by atoms with Gasteiger partial charge >= 0.3 is 0 Å². The second kappa shape index (κ2) is 9.00. The number of hydrogen-bond acceptors (Lipinski definition) is 6. The molecule has 1 saturated carbocycles. The Labute approximate surface area is 175 Å². The fourth-order valence-corrected chi connectivity index (χ4v) is 2.73. The molecule has 0 spiro atoms. The summed E-state index contributed by atoms with van der Waals surface area (Å²) in [7, 11) is 1.51. The zero-order valence-electron chi connectivity index (χ0n) is 16.4. The van der Waals surface area contributed by atoms with Crippen molar-refractivity contribution in [3.8, 4) is 6.07 Å². The predicted molar refractivity (Wildman–Crippen MR) is 106 cm³/mol. The molecule has 1 aliphatic carbocycles. The van der Waals surface area contributed by atoms with Gasteiger partial charge in [0, 0.05) is 30.4 Å². The first-order chi connectivity index (χ1) is 14.8. The molecule has 0 saturated heterocycles. The number of nitrogens with two attached hydrogens (primary N) is 1. The first-order valence-electron chi connectivity index (χ1n) is 9.17. The van der Waals surface area contributed by atoms with E-state index >= 15 is 0 Å². The van der Waals surface area contributed by atoms with Crippen LogP contribution in [-0.4, -0.2) is 37.6 Å². The van der Waals surface area contributed by atoms with E-state index in [1.54, 1.807) is 12.3 Å². The number of nitrogens with zero attached hydrogens (tertiary/aromatic N) is 4. The summed E-state index contributed by atoms with van der Waals surface area (Å²) in [6.45, 7) is 0. The van der Waals surface area contributed by atoms with Crippen molar-refractivity contribution in [2.75, 3.05) is 5.32 Å². The van der Waals surface area contributed by atoms with Gasteiger partial charge in [0.1, 0.15) is 17.6 Å². The van der Waals surface area contributed by atoms with Crippen LogP contribution in [0.15, 0.2) is 36.7 Å². The third-order valence-corrected chi connectivity index (χ3v) is 4.50. The van der Waals surface area contributed by atoms with Crippen molar-refractivity contribution in [1.82, 2.24) is 20.0 Å². The van der Waals surface area contributed by atoms with E-state index < -0.39 is 23.4 Å². The average Bonchev–Trinajstić information content (AvgIpc) is 3.30.